The normalized spacial score (nSPS) is 22.4. The molecule has 6 rings (SSSR count). The van der Waals surface area contributed by atoms with Crippen molar-refractivity contribution < 1.29 is 41.0 Å². The van der Waals surface area contributed by atoms with Crippen LogP contribution in [-0.4, -0.2) is 61.2 Å². The molecule has 0 spiro atoms. The molecule has 46 heavy (non-hydrogen) atoms. The highest BCUT2D eigenvalue weighted by Gasteiger charge is 2.51. The molecule has 2 heterocycles. The molecule has 0 radical (unpaired) electrons. The van der Waals surface area contributed by atoms with E-state index in [9.17, 15) is 27.2 Å². The van der Waals surface area contributed by atoms with Crippen LogP contribution in [0.4, 0.5) is 44.8 Å². The van der Waals surface area contributed by atoms with E-state index in [-0.39, 0.29) is 40.5 Å². The lowest BCUT2D eigenvalue weighted by atomic mass is 9.83. The predicted octanol–water partition coefficient (Wildman–Crippen LogP) is 5.15. The third kappa shape index (κ3) is 6.28. The fraction of sp³-hybridized carbons (Fsp3) is 0.419. The van der Waals surface area contributed by atoms with Gasteiger partial charge in [0.2, 0.25) is 11.8 Å². The first-order valence-electron chi connectivity index (χ1n) is 14.8. The first-order chi connectivity index (χ1) is 22.0. The first kappa shape index (κ1) is 31.5. The van der Waals surface area contributed by atoms with Crippen molar-refractivity contribution in [1.82, 2.24) is 15.3 Å². The van der Waals surface area contributed by atoms with Crippen molar-refractivity contribution >= 4 is 34.7 Å². The van der Waals surface area contributed by atoms with Gasteiger partial charge >= 0.3 is 6.18 Å². The summed E-state index contributed by atoms with van der Waals surface area (Å²) in [7, 11) is 1.31. The standard InChI is InChI=1S/C31H31F5N6O4/c1-45-30-25(27(37-15-38-30)40-23-7-5-19(14-22(23)33)42-8-10-46-11-9-42)29(44)41-26-17-3-2-16(12-17)24(26)28(43)39-18-4-6-21(32)20(13-18)31(34,35)36/h4-7,13-17,24,26H,2-3,8-12H2,1H3,(H,39,43)(H,41,44)(H,37,38,40)/t16-,17+,24+,26-/m1/s1. The smallest absolute Gasteiger partial charge is 0.419 e. The van der Waals surface area contributed by atoms with E-state index in [1.807, 2.05) is 4.90 Å². The maximum absolute atomic E-state index is 15.2. The van der Waals surface area contributed by atoms with Crippen molar-refractivity contribution in [2.24, 2.45) is 17.8 Å². The van der Waals surface area contributed by atoms with E-state index in [2.05, 4.69) is 25.9 Å². The highest BCUT2D eigenvalue weighted by molar-refractivity contribution is 6.02. The van der Waals surface area contributed by atoms with Crippen LogP contribution in [0.25, 0.3) is 0 Å². The predicted molar refractivity (Wildman–Crippen MR) is 157 cm³/mol. The lowest BCUT2D eigenvalue weighted by molar-refractivity contribution is -0.140. The van der Waals surface area contributed by atoms with Crippen molar-refractivity contribution in [3.63, 3.8) is 0 Å². The van der Waals surface area contributed by atoms with E-state index in [1.165, 1.54) is 19.2 Å². The lowest BCUT2D eigenvalue weighted by Gasteiger charge is -2.31. The number of alkyl halides is 3. The summed E-state index contributed by atoms with van der Waals surface area (Å²) < 4.78 is 79.5. The molecular weight excluding hydrogens is 615 g/mol. The number of nitrogens with zero attached hydrogens (tertiary/aromatic N) is 3. The number of hydrogen-bond acceptors (Lipinski definition) is 8. The minimum absolute atomic E-state index is 0.0301. The minimum atomic E-state index is -4.94. The Balaban J connectivity index is 1.22. The number of fused-ring (bicyclic) bond motifs is 2. The lowest BCUT2D eigenvalue weighted by Crippen LogP contribution is -2.48. The molecule has 3 aliphatic rings. The molecule has 2 bridgehead atoms. The van der Waals surface area contributed by atoms with Crippen LogP contribution < -0.4 is 25.6 Å². The van der Waals surface area contributed by atoms with Gasteiger partial charge in [-0.3, -0.25) is 9.59 Å². The summed E-state index contributed by atoms with van der Waals surface area (Å²) in [6.07, 6.45) is -1.71. The molecule has 244 valence electrons. The Bertz CT molecular complexity index is 1630. The number of nitrogens with one attached hydrogen (secondary N) is 3. The van der Waals surface area contributed by atoms with Crippen LogP contribution in [-0.2, 0) is 15.7 Å². The number of carbonyl (C=O) groups excluding carboxylic acids is 2. The summed E-state index contributed by atoms with van der Waals surface area (Å²) in [5, 5.41) is 8.25. The Morgan fingerprint density at radius 1 is 1.00 bits per heavy atom. The van der Waals surface area contributed by atoms with Crippen LogP contribution in [0.1, 0.15) is 35.2 Å². The van der Waals surface area contributed by atoms with Crippen molar-refractivity contribution in [2.75, 3.05) is 48.9 Å². The molecule has 3 aromatic rings. The van der Waals surface area contributed by atoms with Gasteiger partial charge in [-0.05, 0) is 67.5 Å². The van der Waals surface area contributed by atoms with Gasteiger partial charge in [0.1, 0.15) is 23.5 Å². The molecule has 2 aliphatic carbocycles. The van der Waals surface area contributed by atoms with Gasteiger partial charge in [0, 0.05) is 30.5 Å². The molecule has 3 N–H and O–H groups in total. The molecule has 2 amide bonds. The van der Waals surface area contributed by atoms with Gasteiger partial charge in [-0.2, -0.15) is 13.2 Å². The highest BCUT2D eigenvalue weighted by atomic mass is 19.4. The molecule has 3 fully saturated rings. The second-order valence-corrected chi connectivity index (χ2v) is 11.5. The average molecular weight is 647 g/mol. The van der Waals surface area contributed by atoms with Crippen LogP contribution in [0.15, 0.2) is 42.7 Å². The van der Waals surface area contributed by atoms with Crippen LogP contribution in [0, 0.1) is 29.4 Å². The maximum atomic E-state index is 15.2. The summed E-state index contributed by atoms with van der Waals surface area (Å²) in [4.78, 5) is 37.4. The molecule has 2 saturated carbocycles. The third-order valence-electron chi connectivity index (χ3n) is 8.87. The monoisotopic (exact) mass is 646 g/mol. The summed E-state index contributed by atoms with van der Waals surface area (Å²) in [6.45, 7) is 2.33. The van der Waals surface area contributed by atoms with Gasteiger partial charge in [0.05, 0.1) is 37.5 Å². The second-order valence-electron chi connectivity index (χ2n) is 11.5. The second kappa shape index (κ2) is 12.7. The van der Waals surface area contributed by atoms with Crippen LogP contribution in [0.2, 0.25) is 0 Å². The Hall–Kier alpha value is -4.53. The van der Waals surface area contributed by atoms with Gasteiger partial charge in [0.25, 0.3) is 5.91 Å². The van der Waals surface area contributed by atoms with Gasteiger partial charge < -0.3 is 30.3 Å². The maximum Gasteiger partial charge on any atom is 0.419 e. The molecule has 0 unspecified atom stereocenters. The number of benzene rings is 2. The number of amides is 2. The zero-order valence-corrected chi connectivity index (χ0v) is 24.7. The highest BCUT2D eigenvalue weighted by Crippen LogP contribution is 2.49. The van der Waals surface area contributed by atoms with E-state index < -0.39 is 47.1 Å². The van der Waals surface area contributed by atoms with Gasteiger partial charge in [-0.15, -0.1) is 0 Å². The summed E-state index contributed by atoms with van der Waals surface area (Å²) in [5.74, 6) is -4.37. The number of rotatable bonds is 8. The first-order valence-corrected chi connectivity index (χ1v) is 14.8. The minimum Gasteiger partial charge on any atom is -0.480 e. The van der Waals surface area contributed by atoms with Crippen molar-refractivity contribution in [3.8, 4) is 5.88 Å². The number of ether oxygens (including phenoxy) is 2. The summed E-state index contributed by atoms with van der Waals surface area (Å²) in [6, 6.07) is 6.23. The third-order valence-corrected chi connectivity index (χ3v) is 8.87. The number of methoxy groups -OCH3 is 1. The Morgan fingerprint density at radius 3 is 2.48 bits per heavy atom. The molecule has 2 aromatic carbocycles. The zero-order chi connectivity index (χ0) is 32.6. The number of hydrogen-bond donors (Lipinski definition) is 3. The fourth-order valence-corrected chi connectivity index (χ4v) is 6.72. The Labute approximate surface area is 260 Å². The quantitative estimate of drug-likeness (QED) is 0.288. The fourth-order valence-electron chi connectivity index (χ4n) is 6.72. The van der Waals surface area contributed by atoms with E-state index in [1.54, 1.807) is 6.07 Å². The van der Waals surface area contributed by atoms with Crippen LogP contribution in [0.3, 0.4) is 0 Å². The van der Waals surface area contributed by atoms with E-state index in [0.717, 1.165) is 18.8 Å². The number of anilines is 4. The summed E-state index contributed by atoms with van der Waals surface area (Å²) in [5.41, 5.74) is -1.08. The van der Waals surface area contributed by atoms with Gasteiger partial charge in [-0.1, -0.05) is 0 Å². The number of morpholine rings is 1. The Kier molecular flexibility index (Phi) is 8.68. The molecule has 1 aliphatic heterocycles. The number of carbonyl (C=O) groups is 2. The zero-order valence-electron chi connectivity index (χ0n) is 24.7. The Morgan fingerprint density at radius 2 is 1.76 bits per heavy atom. The van der Waals surface area contributed by atoms with Gasteiger partial charge in [-0.25, -0.2) is 18.7 Å². The SMILES string of the molecule is COc1ncnc(Nc2ccc(N3CCOCC3)cc2F)c1C(=O)N[C@@H]1[C@H]2CC[C@H](C2)[C@@H]1C(=O)Nc1ccc(F)c(C(F)(F)F)c1. The van der Waals surface area contributed by atoms with E-state index in [4.69, 9.17) is 9.47 Å². The van der Waals surface area contributed by atoms with Crippen molar-refractivity contribution in [3.05, 3.63) is 65.5 Å². The van der Waals surface area contributed by atoms with Crippen LogP contribution >= 0.6 is 0 Å². The number of aromatic nitrogens is 2. The average Bonchev–Trinajstić information content (AvgIpc) is 3.65. The molecule has 15 heteroatoms. The van der Waals surface area contributed by atoms with Crippen molar-refractivity contribution in [2.45, 2.75) is 31.5 Å². The topological polar surface area (TPSA) is 118 Å². The van der Waals surface area contributed by atoms with Gasteiger partial charge in [0.15, 0.2) is 5.82 Å². The number of halogens is 5. The molecule has 4 atom stereocenters. The molecule has 1 aromatic heterocycles. The van der Waals surface area contributed by atoms with E-state index >= 15 is 4.39 Å². The molecular formula is C31H31F5N6O4. The molecule has 10 nitrogen and oxygen atoms in total. The van der Waals surface area contributed by atoms with Crippen LogP contribution in [0.5, 0.6) is 5.88 Å². The summed E-state index contributed by atoms with van der Waals surface area (Å²) >= 11 is 0. The molecule has 1 saturated heterocycles. The largest absolute Gasteiger partial charge is 0.480 e. The van der Waals surface area contributed by atoms with E-state index in [0.29, 0.717) is 57.0 Å². The van der Waals surface area contributed by atoms with Crippen molar-refractivity contribution in [1.29, 1.82) is 0 Å².